The Bertz CT molecular complexity index is 648. The quantitative estimate of drug-likeness (QED) is 0.602. The molecule has 2 aromatic carbocycles. The van der Waals surface area contributed by atoms with Gasteiger partial charge >= 0.3 is 0 Å². The number of benzene rings is 2. The van der Waals surface area contributed by atoms with Gasteiger partial charge in [-0.15, -0.1) is 0 Å². The fraction of sp³-hybridized carbons (Fsp3) is 0.143. The van der Waals surface area contributed by atoms with Crippen LogP contribution in [0.15, 0.2) is 46.9 Å². The van der Waals surface area contributed by atoms with E-state index < -0.39 is 16.8 Å². The molecule has 0 bridgehead atoms. The van der Waals surface area contributed by atoms with Gasteiger partial charge in [-0.25, -0.2) is 4.39 Å². The third-order valence-electron chi connectivity index (χ3n) is 2.75. The molecule has 0 aliphatic carbocycles. The van der Waals surface area contributed by atoms with E-state index in [2.05, 4.69) is 15.9 Å². The normalized spacial score (nSPS) is 11.9. The standard InChI is InChI=1S/C14H11BrFNO3/c1-9(10-3-2-4-12(7-10)17(18)19)20-14-6-5-11(15)8-13(14)16/h2-9H,1H3/t9-/m0/s1. The lowest BCUT2D eigenvalue weighted by Gasteiger charge is -2.15. The lowest BCUT2D eigenvalue weighted by atomic mass is 10.1. The molecule has 0 heterocycles. The van der Waals surface area contributed by atoms with Crippen molar-refractivity contribution in [2.75, 3.05) is 0 Å². The summed E-state index contributed by atoms with van der Waals surface area (Å²) in [6.07, 6.45) is -0.495. The van der Waals surface area contributed by atoms with E-state index in [1.807, 2.05) is 0 Å². The molecule has 0 fully saturated rings. The first-order valence-electron chi connectivity index (χ1n) is 5.83. The van der Waals surface area contributed by atoms with Crippen molar-refractivity contribution in [3.05, 3.63) is 68.4 Å². The summed E-state index contributed by atoms with van der Waals surface area (Å²) in [4.78, 5) is 10.2. The second-order valence-corrected chi connectivity index (χ2v) is 5.10. The molecule has 20 heavy (non-hydrogen) atoms. The van der Waals surface area contributed by atoms with Gasteiger partial charge in [0.05, 0.1) is 4.92 Å². The Morgan fingerprint density at radius 2 is 2.05 bits per heavy atom. The zero-order valence-electron chi connectivity index (χ0n) is 10.5. The molecule has 0 aliphatic heterocycles. The molecule has 4 nitrogen and oxygen atoms in total. The number of ether oxygens (including phenoxy) is 1. The zero-order chi connectivity index (χ0) is 14.7. The number of nitro groups is 1. The molecule has 2 aromatic rings. The van der Waals surface area contributed by atoms with E-state index >= 15 is 0 Å². The minimum absolute atomic E-state index is 0.0192. The molecular formula is C14H11BrFNO3. The van der Waals surface area contributed by atoms with Crippen LogP contribution in [-0.4, -0.2) is 4.92 Å². The largest absolute Gasteiger partial charge is 0.483 e. The van der Waals surface area contributed by atoms with Crippen LogP contribution < -0.4 is 4.74 Å². The van der Waals surface area contributed by atoms with Crippen molar-refractivity contribution in [2.24, 2.45) is 0 Å². The number of non-ortho nitro benzene ring substituents is 1. The fourth-order valence-electron chi connectivity index (χ4n) is 1.72. The Hall–Kier alpha value is -1.95. The molecule has 0 saturated heterocycles. The Morgan fingerprint density at radius 1 is 1.30 bits per heavy atom. The zero-order valence-corrected chi connectivity index (χ0v) is 12.1. The third kappa shape index (κ3) is 3.33. The summed E-state index contributed by atoms with van der Waals surface area (Å²) in [7, 11) is 0. The first-order chi connectivity index (χ1) is 9.47. The van der Waals surface area contributed by atoms with Gasteiger partial charge in [-0.2, -0.15) is 0 Å². The topological polar surface area (TPSA) is 52.4 Å². The highest BCUT2D eigenvalue weighted by atomic mass is 79.9. The monoisotopic (exact) mass is 339 g/mol. The van der Waals surface area contributed by atoms with Gasteiger partial charge in [0, 0.05) is 16.6 Å². The van der Waals surface area contributed by atoms with Gasteiger partial charge in [-0.3, -0.25) is 10.1 Å². The van der Waals surface area contributed by atoms with E-state index in [-0.39, 0.29) is 11.4 Å². The molecule has 0 unspecified atom stereocenters. The van der Waals surface area contributed by atoms with Crippen molar-refractivity contribution < 1.29 is 14.1 Å². The van der Waals surface area contributed by atoms with Crippen LogP contribution in [0.5, 0.6) is 5.75 Å². The maximum atomic E-state index is 13.7. The van der Waals surface area contributed by atoms with Gasteiger partial charge in [0.2, 0.25) is 0 Å². The van der Waals surface area contributed by atoms with Gasteiger partial charge < -0.3 is 4.74 Å². The van der Waals surface area contributed by atoms with Gasteiger partial charge in [0.1, 0.15) is 6.10 Å². The molecule has 104 valence electrons. The minimum Gasteiger partial charge on any atom is -0.483 e. The number of rotatable bonds is 4. The predicted molar refractivity (Wildman–Crippen MR) is 76.2 cm³/mol. The maximum absolute atomic E-state index is 13.7. The molecule has 0 N–H and O–H groups in total. The molecular weight excluding hydrogens is 329 g/mol. The van der Waals surface area contributed by atoms with Gasteiger partial charge in [0.15, 0.2) is 11.6 Å². The van der Waals surface area contributed by atoms with Crippen LogP contribution in [0.4, 0.5) is 10.1 Å². The number of nitro benzene ring substituents is 1. The molecule has 0 aliphatic rings. The number of hydrogen-bond donors (Lipinski definition) is 0. The fourth-order valence-corrected chi connectivity index (χ4v) is 2.05. The average molecular weight is 340 g/mol. The predicted octanol–water partition coefficient (Wildman–Crippen LogP) is 4.64. The summed E-state index contributed by atoms with van der Waals surface area (Å²) in [6, 6.07) is 10.6. The molecule has 1 atom stereocenters. The molecule has 0 radical (unpaired) electrons. The van der Waals surface area contributed by atoms with Crippen molar-refractivity contribution in [3.8, 4) is 5.75 Å². The van der Waals surface area contributed by atoms with E-state index in [0.29, 0.717) is 10.0 Å². The highest BCUT2D eigenvalue weighted by Crippen LogP contribution is 2.28. The highest BCUT2D eigenvalue weighted by molar-refractivity contribution is 9.10. The average Bonchev–Trinajstić information content (AvgIpc) is 2.42. The summed E-state index contributed by atoms with van der Waals surface area (Å²) < 4.78 is 19.8. The smallest absolute Gasteiger partial charge is 0.269 e. The van der Waals surface area contributed by atoms with Crippen molar-refractivity contribution in [2.45, 2.75) is 13.0 Å². The second kappa shape index (κ2) is 6.00. The lowest BCUT2D eigenvalue weighted by Crippen LogP contribution is -2.05. The molecule has 0 aromatic heterocycles. The van der Waals surface area contributed by atoms with Crippen LogP contribution in [-0.2, 0) is 0 Å². The Kier molecular flexibility index (Phi) is 4.34. The number of hydrogen-bond acceptors (Lipinski definition) is 3. The lowest BCUT2D eigenvalue weighted by molar-refractivity contribution is -0.385. The van der Waals surface area contributed by atoms with E-state index in [9.17, 15) is 14.5 Å². The van der Waals surface area contributed by atoms with Crippen molar-refractivity contribution in [3.63, 3.8) is 0 Å². The second-order valence-electron chi connectivity index (χ2n) is 4.19. The van der Waals surface area contributed by atoms with Crippen molar-refractivity contribution in [1.29, 1.82) is 0 Å². The summed E-state index contributed by atoms with van der Waals surface area (Å²) >= 11 is 3.16. The van der Waals surface area contributed by atoms with E-state index in [1.54, 1.807) is 25.1 Å². The first-order valence-corrected chi connectivity index (χ1v) is 6.62. The van der Waals surface area contributed by atoms with E-state index in [4.69, 9.17) is 4.74 Å². The van der Waals surface area contributed by atoms with Crippen LogP contribution >= 0.6 is 15.9 Å². The van der Waals surface area contributed by atoms with Crippen LogP contribution in [0.2, 0.25) is 0 Å². The van der Waals surface area contributed by atoms with Crippen LogP contribution in [0.25, 0.3) is 0 Å². The molecule has 0 spiro atoms. The summed E-state index contributed by atoms with van der Waals surface area (Å²) in [5.41, 5.74) is 0.593. The van der Waals surface area contributed by atoms with E-state index in [1.165, 1.54) is 24.3 Å². The number of halogens is 2. The van der Waals surface area contributed by atoms with Crippen LogP contribution in [0.3, 0.4) is 0 Å². The summed E-state index contributed by atoms with van der Waals surface area (Å²) in [5.74, 6) is -0.385. The Balaban J connectivity index is 2.21. The van der Waals surface area contributed by atoms with E-state index in [0.717, 1.165) is 0 Å². The molecule has 0 saturated carbocycles. The van der Waals surface area contributed by atoms with Gasteiger partial charge in [0.25, 0.3) is 5.69 Å². The summed E-state index contributed by atoms with van der Waals surface area (Å²) in [6.45, 7) is 1.71. The van der Waals surface area contributed by atoms with Gasteiger partial charge in [-0.05, 0) is 30.7 Å². The Labute approximate surface area is 123 Å². The summed E-state index contributed by atoms with van der Waals surface area (Å²) in [5, 5.41) is 10.7. The minimum atomic E-state index is -0.495. The maximum Gasteiger partial charge on any atom is 0.269 e. The van der Waals surface area contributed by atoms with Gasteiger partial charge in [-0.1, -0.05) is 28.1 Å². The third-order valence-corrected chi connectivity index (χ3v) is 3.24. The first kappa shape index (κ1) is 14.5. The van der Waals surface area contributed by atoms with Crippen LogP contribution in [0.1, 0.15) is 18.6 Å². The molecule has 2 rings (SSSR count). The molecule has 6 heteroatoms. The van der Waals surface area contributed by atoms with Crippen molar-refractivity contribution >= 4 is 21.6 Å². The molecule has 0 amide bonds. The Morgan fingerprint density at radius 3 is 2.70 bits per heavy atom. The van der Waals surface area contributed by atoms with Crippen LogP contribution in [0, 0.1) is 15.9 Å². The van der Waals surface area contributed by atoms with Crippen molar-refractivity contribution in [1.82, 2.24) is 0 Å². The highest BCUT2D eigenvalue weighted by Gasteiger charge is 2.14. The SMILES string of the molecule is C[C@H](Oc1ccc(Br)cc1F)c1cccc([N+](=O)[O-])c1. The number of nitrogens with zero attached hydrogens (tertiary/aromatic N) is 1.